The molecule has 0 bridgehead atoms. The Bertz CT molecular complexity index is 1060. The monoisotopic (exact) mass is 444 g/mol. The Balaban J connectivity index is 1.97. The molecule has 5 heteroatoms. The van der Waals surface area contributed by atoms with E-state index in [0.717, 1.165) is 90.0 Å². The first-order valence-corrected chi connectivity index (χ1v) is 11.9. The SMILES string of the molecule is C=C(C1=Cc2ccc(-c3ccc(C=O)c(CCNC)c3)cc2N=C(N)C1)N(CCC)CCC. The highest BCUT2D eigenvalue weighted by Crippen LogP contribution is 2.34. The molecule has 0 saturated heterocycles. The standard InChI is InChI=1S/C28H36N4O/c1-5-13-32(14-6-2)20(3)26-16-24-9-7-22(17-27(24)31-28(29)18-26)21-8-10-25(19-33)23(15-21)11-12-30-4/h7-10,15-17,19,30H,3,5-6,11-14,18H2,1-2,4H3,(H2,29,31). The molecule has 3 N–H and O–H groups in total. The molecule has 2 aromatic carbocycles. The van der Waals surface area contributed by atoms with Gasteiger partial charge in [0.25, 0.3) is 0 Å². The molecule has 174 valence electrons. The zero-order valence-corrected chi connectivity index (χ0v) is 20.2. The maximum absolute atomic E-state index is 11.5. The molecule has 0 aliphatic carbocycles. The number of nitrogens with zero attached hydrogens (tertiary/aromatic N) is 2. The molecule has 0 amide bonds. The highest BCUT2D eigenvalue weighted by molar-refractivity contribution is 5.92. The third kappa shape index (κ3) is 5.99. The Morgan fingerprint density at radius 2 is 1.85 bits per heavy atom. The summed E-state index contributed by atoms with van der Waals surface area (Å²) in [5.74, 6) is 0.595. The average Bonchev–Trinajstić information content (AvgIpc) is 2.99. The van der Waals surface area contributed by atoms with Crippen molar-refractivity contribution in [3.8, 4) is 11.1 Å². The second-order valence-corrected chi connectivity index (χ2v) is 8.54. The average molecular weight is 445 g/mol. The first kappa shape index (κ1) is 24.5. The summed E-state index contributed by atoms with van der Waals surface area (Å²) in [7, 11) is 1.92. The van der Waals surface area contributed by atoms with E-state index in [1.165, 1.54) is 0 Å². The van der Waals surface area contributed by atoms with E-state index in [0.29, 0.717) is 12.3 Å². The number of hydrogen-bond donors (Lipinski definition) is 2. The summed E-state index contributed by atoms with van der Waals surface area (Å²) < 4.78 is 0. The fraction of sp³-hybridized carbons (Fsp3) is 0.357. The number of fused-ring (bicyclic) bond motifs is 1. The molecule has 5 nitrogen and oxygen atoms in total. The Hall–Kier alpha value is -3.18. The minimum atomic E-state index is 0.592. The number of aliphatic imine (C=N–C) groups is 1. The molecule has 0 atom stereocenters. The lowest BCUT2D eigenvalue weighted by Gasteiger charge is -2.27. The number of nitrogens with two attached hydrogens (primary N) is 1. The Morgan fingerprint density at radius 1 is 1.15 bits per heavy atom. The number of aldehydes is 1. The first-order chi connectivity index (χ1) is 16.0. The molecular weight excluding hydrogens is 408 g/mol. The van der Waals surface area contributed by atoms with Crippen molar-refractivity contribution >= 4 is 23.9 Å². The van der Waals surface area contributed by atoms with Gasteiger partial charge in [-0.2, -0.15) is 0 Å². The summed E-state index contributed by atoms with van der Waals surface area (Å²) in [6, 6.07) is 12.3. The van der Waals surface area contributed by atoms with Gasteiger partial charge in [-0.3, -0.25) is 4.79 Å². The minimum absolute atomic E-state index is 0.592. The fourth-order valence-corrected chi connectivity index (χ4v) is 4.26. The maximum atomic E-state index is 11.5. The molecule has 0 fully saturated rings. The van der Waals surface area contributed by atoms with Crippen LogP contribution in [0.2, 0.25) is 0 Å². The van der Waals surface area contributed by atoms with Gasteiger partial charge in [-0.15, -0.1) is 0 Å². The normalized spacial score (nSPS) is 12.9. The molecule has 0 aromatic heterocycles. The van der Waals surface area contributed by atoms with Crippen LogP contribution in [0.25, 0.3) is 17.2 Å². The lowest BCUT2D eigenvalue weighted by Crippen LogP contribution is -2.26. The van der Waals surface area contributed by atoms with Crippen molar-refractivity contribution in [3.63, 3.8) is 0 Å². The Kier molecular flexibility index (Phi) is 8.61. The van der Waals surface area contributed by atoms with Crippen LogP contribution in [0.15, 0.2) is 59.2 Å². The molecule has 3 rings (SSSR count). The Morgan fingerprint density at radius 3 is 2.52 bits per heavy atom. The lowest BCUT2D eigenvalue weighted by molar-refractivity contribution is 0.112. The van der Waals surface area contributed by atoms with Crippen molar-refractivity contribution in [1.82, 2.24) is 10.2 Å². The molecule has 0 unspecified atom stereocenters. The van der Waals surface area contributed by atoms with Gasteiger partial charge >= 0.3 is 0 Å². The van der Waals surface area contributed by atoms with Gasteiger partial charge in [0.05, 0.1) is 5.69 Å². The minimum Gasteiger partial charge on any atom is -0.387 e. The third-order valence-corrected chi connectivity index (χ3v) is 5.98. The lowest BCUT2D eigenvalue weighted by atomic mass is 9.96. The van der Waals surface area contributed by atoms with Crippen LogP contribution in [0.4, 0.5) is 5.69 Å². The molecule has 2 aromatic rings. The molecule has 0 saturated carbocycles. The van der Waals surface area contributed by atoms with Crippen molar-refractivity contribution < 1.29 is 4.79 Å². The number of carbonyl (C=O) groups is 1. The van der Waals surface area contributed by atoms with Crippen LogP contribution in [0.1, 0.15) is 54.6 Å². The van der Waals surface area contributed by atoms with Crippen LogP contribution in [0, 0.1) is 0 Å². The van der Waals surface area contributed by atoms with E-state index < -0.39 is 0 Å². The molecule has 1 aliphatic heterocycles. The van der Waals surface area contributed by atoms with Gasteiger partial charge in [0.1, 0.15) is 12.1 Å². The van der Waals surface area contributed by atoms with E-state index in [9.17, 15) is 4.79 Å². The molecule has 0 spiro atoms. The number of hydrogen-bond acceptors (Lipinski definition) is 5. The van der Waals surface area contributed by atoms with Crippen LogP contribution in [0.3, 0.4) is 0 Å². The summed E-state index contributed by atoms with van der Waals surface area (Å²) in [4.78, 5) is 18.5. The summed E-state index contributed by atoms with van der Waals surface area (Å²) in [5.41, 5.74) is 14.3. The van der Waals surface area contributed by atoms with E-state index >= 15 is 0 Å². The Labute approximate surface area is 198 Å². The van der Waals surface area contributed by atoms with Crippen LogP contribution in [-0.2, 0) is 6.42 Å². The van der Waals surface area contributed by atoms with Crippen molar-refractivity contribution in [3.05, 3.63) is 70.9 Å². The van der Waals surface area contributed by atoms with E-state index in [-0.39, 0.29) is 0 Å². The van der Waals surface area contributed by atoms with Gasteiger partial charge in [0.2, 0.25) is 0 Å². The quantitative estimate of drug-likeness (QED) is 0.459. The first-order valence-electron chi connectivity index (χ1n) is 11.9. The summed E-state index contributed by atoms with van der Waals surface area (Å²) in [5, 5.41) is 3.15. The predicted molar refractivity (Wildman–Crippen MR) is 140 cm³/mol. The number of allylic oxidation sites excluding steroid dienone is 1. The molecule has 1 heterocycles. The number of carbonyl (C=O) groups excluding carboxylic acids is 1. The van der Waals surface area contributed by atoms with E-state index in [2.05, 4.69) is 61.0 Å². The van der Waals surface area contributed by atoms with Crippen molar-refractivity contribution in [2.24, 2.45) is 10.7 Å². The van der Waals surface area contributed by atoms with Gasteiger partial charge in [-0.05, 0) is 67.3 Å². The van der Waals surface area contributed by atoms with Gasteiger partial charge in [0.15, 0.2) is 0 Å². The fourth-order valence-electron chi connectivity index (χ4n) is 4.26. The number of benzene rings is 2. The van der Waals surface area contributed by atoms with Crippen molar-refractivity contribution in [1.29, 1.82) is 0 Å². The zero-order chi connectivity index (χ0) is 23.8. The largest absolute Gasteiger partial charge is 0.387 e. The number of amidine groups is 1. The number of nitrogens with one attached hydrogen (secondary N) is 1. The molecular formula is C28H36N4O. The van der Waals surface area contributed by atoms with Crippen LogP contribution in [-0.4, -0.2) is 43.7 Å². The highest BCUT2D eigenvalue weighted by Gasteiger charge is 2.17. The van der Waals surface area contributed by atoms with Crippen LogP contribution < -0.4 is 11.1 Å². The molecule has 33 heavy (non-hydrogen) atoms. The molecule has 0 radical (unpaired) electrons. The second-order valence-electron chi connectivity index (χ2n) is 8.54. The highest BCUT2D eigenvalue weighted by atomic mass is 16.1. The predicted octanol–water partition coefficient (Wildman–Crippen LogP) is 5.34. The van der Waals surface area contributed by atoms with Crippen molar-refractivity contribution in [2.75, 3.05) is 26.7 Å². The van der Waals surface area contributed by atoms with Gasteiger partial charge in [-0.1, -0.05) is 50.8 Å². The van der Waals surface area contributed by atoms with Gasteiger partial charge < -0.3 is 16.0 Å². The van der Waals surface area contributed by atoms with Crippen LogP contribution >= 0.6 is 0 Å². The smallest absolute Gasteiger partial charge is 0.150 e. The molecule has 1 aliphatic rings. The third-order valence-electron chi connectivity index (χ3n) is 5.98. The maximum Gasteiger partial charge on any atom is 0.150 e. The number of rotatable bonds is 11. The van der Waals surface area contributed by atoms with Crippen molar-refractivity contribution in [2.45, 2.75) is 39.5 Å². The number of likely N-dealkylation sites (N-methyl/N-ethyl adjacent to an activating group) is 1. The van der Waals surface area contributed by atoms with Crippen LogP contribution in [0.5, 0.6) is 0 Å². The summed E-state index contributed by atoms with van der Waals surface area (Å²) in [6.07, 6.45) is 6.65. The van der Waals surface area contributed by atoms with Gasteiger partial charge in [0, 0.05) is 36.3 Å². The van der Waals surface area contributed by atoms with Gasteiger partial charge in [-0.25, -0.2) is 4.99 Å². The van der Waals surface area contributed by atoms with E-state index in [1.807, 2.05) is 19.2 Å². The summed E-state index contributed by atoms with van der Waals surface area (Å²) in [6.45, 7) is 11.6. The second kappa shape index (κ2) is 11.6. The zero-order valence-electron chi connectivity index (χ0n) is 20.2. The van der Waals surface area contributed by atoms with E-state index in [1.54, 1.807) is 0 Å². The summed E-state index contributed by atoms with van der Waals surface area (Å²) >= 11 is 0. The topological polar surface area (TPSA) is 70.7 Å². The van der Waals surface area contributed by atoms with E-state index in [4.69, 9.17) is 10.7 Å².